The summed E-state index contributed by atoms with van der Waals surface area (Å²) in [5.41, 5.74) is 1.32. The van der Waals surface area contributed by atoms with Gasteiger partial charge < -0.3 is 4.52 Å². The van der Waals surface area contributed by atoms with E-state index < -0.39 is 0 Å². The van der Waals surface area contributed by atoms with Gasteiger partial charge in [0, 0.05) is 17.9 Å². The maximum atomic E-state index is 13.1. The van der Waals surface area contributed by atoms with Crippen molar-refractivity contribution >= 4 is 11.6 Å². The molecule has 0 amide bonds. The van der Waals surface area contributed by atoms with Crippen LogP contribution in [-0.2, 0) is 6.42 Å². The van der Waals surface area contributed by atoms with E-state index in [2.05, 4.69) is 10.1 Å². The number of aryl methyl sites for hydroxylation is 2. The van der Waals surface area contributed by atoms with E-state index in [0.29, 0.717) is 29.6 Å². The summed E-state index contributed by atoms with van der Waals surface area (Å²) in [7, 11) is 0. The number of aromatic nitrogens is 2. The van der Waals surface area contributed by atoms with Gasteiger partial charge in [0.1, 0.15) is 5.82 Å². The highest BCUT2D eigenvalue weighted by molar-refractivity contribution is 6.17. The lowest BCUT2D eigenvalue weighted by atomic mass is 10.1. The predicted octanol–water partition coefficient (Wildman–Crippen LogP) is 3.36. The Hall–Kier alpha value is -1.42. The van der Waals surface area contributed by atoms with Gasteiger partial charge in [0.05, 0.1) is 0 Å². The van der Waals surface area contributed by atoms with E-state index in [1.165, 1.54) is 6.07 Å². The fraction of sp³-hybridized carbons (Fsp3) is 0.333. The number of alkyl halides is 1. The Morgan fingerprint density at radius 2 is 2.24 bits per heavy atom. The molecule has 0 radical (unpaired) electrons. The fourth-order valence-electron chi connectivity index (χ4n) is 1.48. The predicted molar refractivity (Wildman–Crippen MR) is 63.5 cm³/mol. The van der Waals surface area contributed by atoms with Crippen LogP contribution in [0, 0.1) is 12.7 Å². The van der Waals surface area contributed by atoms with Gasteiger partial charge in [0.15, 0.2) is 0 Å². The minimum absolute atomic E-state index is 0.236. The Balaban J connectivity index is 2.21. The Morgan fingerprint density at radius 3 is 2.94 bits per heavy atom. The number of nitrogens with zero attached hydrogens (tertiary/aromatic N) is 2. The smallest absolute Gasteiger partial charge is 0.227 e. The summed E-state index contributed by atoms with van der Waals surface area (Å²) in [5, 5.41) is 3.86. The van der Waals surface area contributed by atoms with Crippen LogP contribution in [0.5, 0.6) is 0 Å². The molecular weight excluding hydrogens is 243 g/mol. The highest BCUT2D eigenvalue weighted by Gasteiger charge is 2.09. The van der Waals surface area contributed by atoms with Gasteiger partial charge in [0.2, 0.25) is 11.7 Å². The number of hydrogen-bond donors (Lipinski definition) is 0. The van der Waals surface area contributed by atoms with Crippen molar-refractivity contribution in [3.8, 4) is 11.4 Å². The Bertz CT molecular complexity index is 513. The van der Waals surface area contributed by atoms with Crippen LogP contribution < -0.4 is 0 Å². The van der Waals surface area contributed by atoms with Crippen molar-refractivity contribution in [3.05, 3.63) is 35.5 Å². The van der Waals surface area contributed by atoms with E-state index in [4.69, 9.17) is 16.1 Å². The molecule has 2 aromatic rings. The molecular formula is C12H12ClFN2O. The number of benzene rings is 1. The van der Waals surface area contributed by atoms with Crippen LogP contribution in [0.2, 0.25) is 0 Å². The molecule has 0 spiro atoms. The second-order valence-corrected chi connectivity index (χ2v) is 4.15. The van der Waals surface area contributed by atoms with Gasteiger partial charge in [-0.1, -0.05) is 5.16 Å². The Labute approximate surface area is 104 Å². The zero-order chi connectivity index (χ0) is 12.3. The van der Waals surface area contributed by atoms with Crippen molar-refractivity contribution in [2.45, 2.75) is 19.8 Å². The average molecular weight is 255 g/mol. The first-order valence-corrected chi connectivity index (χ1v) is 5.89. The van der Waals surface area contributed by atoms with Gasteiger partial charge in [-0.3, -0.25) is 0 Å². The molecule has 0 atom stereocenters. The fourth-order valence-corrected chi connectivity index (χ4v) is 1.61. The third-order valence-electron chi connectivity index (χ3n) is 2.41. The molecule has 5 heteroatoms. The summed E-state index contributed by atoms with van der Waals surface area (Å²) < 4.78 is 18.2. The molecule has 0 saturated heterocycles. The maximum absolute atomic E-state index is 13.1. The molecule has 0 aliphatic rings. The topological polar surface area (TPSA) is 38.9 Å². The molecule has 1 heterocycles. The van der Waals surface area contributed by atoms with E-state index in [1.54, 1.807) is 19.1 Å². The van der Waals surface area contributed by atoms with Gasteiger partial charge in [-0.25, -0.2) is 4.39 Å². The third kappa shape index (κ3) is 2.82. The van der Waals surface area contributed by atoms with E-state index in [9.17, 15) is 4.39 Å². The monoisotopic (exact) mass is 254 g/mol. The van der Waals surface area contributed by atoms with Crippen LogP contribution in [-0.4, -0.2) is 16.0 Å². The first kappa shape index (κ1) is 12.0. The molecule has 0 N–H and O–H groups in total. The Kier molecular flexibility index (Phi) is 3.74. The van der Waals surface area contributed by atoms with E-state index in [-0.39, 0.29) is 5.82 Å². The summed E-state index contributed by atoms with van der Waals surface area (Å²) >= 11 is 5.58. The van der Waals surface area contributed by atoms with Gasteiger partial charge in [0.25, 0.3) is 0 Å². The molecule has 1 aromatic heterocycles. The molecule has 0 aliphatic carbocycles. The van der Waals surface area contributed by atoms with Gasteiger partial charge >= 0.3 is 0 Å². The van der Waals surface area contributed by atoms with Crippen LogP contribution in [0.1, 0.15) is 17.9 Å². The van der Waals surface area contributed by atoms with Crippen molar-refractivity contribution in [3.63, 3.8) is 0 Å². The van der Waals surface area contributed by atoms with E-state index in [1.807, 2.05) is 0 Å². The van der Waals surface area contributed by atoms with Crippen LogP contribution in [0.3, 0.4) is 0 Å². The normalized spacial score (nSPS) is 10.8. The highest BCUT2D eigenvalue weighted by atomic mass is 35.5. The maximum Gasteiger partial charge on any atom is 0.227 e. The highest BCUT2D eigenvalue weighted by Crippen LogP contribution is 2.19. The van der Waals surface area contributed by atoms with Crippen molar-refractivity contribution < 1.29 is 8.91 Å². The largest absolute Gasteiger partial charge is 0.339 e. The molecule has 0 unspecified atom stereocenters. The van der Waals surface area contributed by atoms with Crippen molar-refractivity contribution in [2.24, 2.45) is 0 Å². The average Bonchev–Trinajstić information content (AvgIpc) is 2.79. The van der Waals surface area contributed by atoms with Crippen LogP contribution >= 0.6 is 11.6 Å². The quantitative estimate of drug-likeness (QED) is 0.786. The van der Waals surface area contributed by atoms with Gasteiger partial charge in [-0.05, 0) is 37.1 Å². The lowest BCUT2D eigenvalue weighted by molar-refractivity contribution is 0.378. The number of hydrogen-bond acceptors (Lipinski definition) is 3. The number of rotatable bonds is 4. The zero-order valence-electron chi connectivity index (χ0n) is 9.41. The minimum atomic E-state index is -0.236. The summed E-state index contributed by atoms with van der Waals surface area (Å²) in [6, 6.07) is 4.74. The van der Waals surface area contributed by atoms with Crippen LogP contribution in [0.25, 0.3) is 11.4 Å². The molecule has 0 aliphatic heterocycles. The molecule has 17 heavy (non-hydrogen) atoms. The first-order chi connectivity index (χ1) is 8.20. The molecule has 90 valence electrons. The third-order valence-corrected chi connectivity index (χ3v) is 2.68. The lowest BCUT2D eigenvalue weighted by Crippen LogP contribution is -1.88. The molecule has 0 fully saturated rings. The second-order valence-electron chi connectivity index (χ2n) is 3.77. The first-order valence-electron chi connectivity index (χ1n) is 5.36. The molecule has 0 saturated carbocycles. The minimum Gasteiger partial charge on any atom is -0.339 e. The molecule has 3 nitrogen and oxygen atoms in total. The van der Waals surface area contributed by atoms with Gasteiger partial charge in [-0.2, -0.15) is 4.98 Å². The Morgan fingerprint density at radius 1 is 1.41 bits per heavy atom. The summed E-state index contributed by atoms with van der Waals surface area (Å²) in [5.74, 6) is 1.37. The molecule has 1 aromatic carbocycles. The van der Waals surface area contributed by atoms with Crippen molar-refractivity contribution in [1.29, 1.82) is 0 Å². The zero-order valence-corrected chi connectivity index (χ0v) is 10.2. The number of halogens is 2. The SMILES string of the molecule is Cc1cc(-c2noc(CCCCl)n2)ccc1F. The van der Waals surface area contributed by atoms with Crippen molar-refractivity contribution in [2.75, 3.05) is 5.88 Å². The second kappa shape index (κ2) is 5.27. The molecule has 0 bridgehead atoms. The van der Waals surface area contributed by atoms with Crippen molar-refractivity contribution in [1.82, 2.24) is 10.1 Å². The summed E-state index contributed by atoms with van der Waals surface area (Å²) in [6.07, 6.45) is 1.46. The summed E-state index contributed by atoms with van der Waals surface area (Å²) in [6.45, 7) is 1.70. The van der Waals surface area contributed by atoms with E-state index in [0.717, 1.165) is 12.0 Å². The molecule has 2 rings (SSSR count). The lowest BCUT2D eigenvalue weighted by Gasteiger charge is -1.97. The standard InChI is InChI=1S/C12H12ClFN2O/c1-8-7-9(4-5-10(8)14)12-15-11(17-16-12)3-2-6-13/h4-5,7H,2-3,6H2,1H3. The van der Waals surface area contributed by atoms with Crippen LogP contribution in [0.15, 0.2) is 22.7 Å². The summed E-state index contributed by atoms with van der Waals surface area (Å²) in [4.78, 5) is 4.23. The van der Waals surface area contributed by atoms with E-state index >= 15 is 0 Å². The van der Waals surface area contributed by atoms with Gasteiger partial charge in [-0.15, -0.1) is 11.6 Å². The van der Waals surface area contributed by atoms with Crippen LogP contribution in [0.4, 0.5) is 4.39 Å².